The molecular weight excluding hydrogens is 384 g/mol. The van der Waals surface area contributed by atoms with Gasteiger partial charge in [-0.3, -0.25) is 4.79 Å². The molecule has 2 unspecified atom stereocenters. The maximum Gasteiger partial charge on any atom is 0.314 e. The Morgan fingerprint density at radius 2 is 1.42 bits per heavy atom. The van der Waals surface area contributed by atoms with Crippen LogP contribution in [0.4, 0.5) is 0 Å². The third kappa shape index (κ3) is 6.12. The topological polar surface area (TPSA) is 35.5 Å². The Balaban J connectivity index is 2.45. The van der Waals surface area contributed by atoms with Crippen LogP contribution >= 0.6 is 0 Å². The second-order valence-electron chi connectivity index (χ2n) is 9.79. The van der Waals surface area contributed by atoms with Gasteiger partial charge in [0.1, 0.15) is 11.5 Å². The molecule has 0 aromatic heterocycles. The zero-order chi connectivity index (χ0) is 23.3. The minimum absolute atomic E-state index is 0.0974. The van der Waals surface area contributed by atoms with E-state index in [1.165, 1.54) is 11.1 Å². The highest BCUT2D eigenvalue weighted by Gasteiger charge is 2.31. The first kappa shape index (κ1) is 25.0. The third-order valence-corrected chi connectivity index (χ3v) is 6.03. The van der Waals surface area contributed by atoms with E-state index in [-0.39, 0.29) is 23.4 Å². The zero-order valence-electron chi connectivity index (χ0n) is 20.8. The Bertz CT molecular complexity index is 897. The normalized spacial score (nSPS) is 14.4. The van der Waals surface area contributed by atoms with Crippen LogP contribution < -0.4 is 9.47 Å². The Labute approximate surface area is 189 Å². The van der Waals surface area contributed by atoms with Crippen molar-refractivity contribution in [1.82, 2.24) is 0 Å². The molecule has 2 aromatic rings. The molecule has 31 heavy (non-hydrogen) atoms. The summed E-state index contributed by atoms with van der Waals surface area (Å²) < 4.78 is 11.6. The number of carbonyl (C=O) groups is 1. The predicted molar refractivity (Wildman–Crippen MR) is 129 cm³/mol. The van der Waals surface area contributed by atoms with Crippen molar-refractivity contribution in [3.05, 3.63) is 58.7 Å². The van der Waals surface area contributed by atoms with Crippen LogP contribution in [-0.2, 0) is 10.2 Å². The first-order valence-electron chi connectivity index (χ1n) is 11.6. The van der Waals surface area contributed by atoms with Gasteiger partial charge in [0.15, 0.2) is 0 Å². The minimum Gasteiger partial charge on any atom is -0.491 e. The molecule has 2 rings (SSSR count). The van der Waals surface area contributed by atoms with Gasteiger partial charge >= 0.3 is 5.97 Å². The fourth-order valence-corrected chi connectivity index (χ4v) is 4.08. The van der Waals surface area contributed by atoms with Crippen molar-refractivity contribution < 1.29 is 14.3 Å². The van der Waals surface area contributed by atoms with Crippen molar-refractivity contribution in [3.63, 3.8) is 0 Å². The first-order valence-corrected chi connectivity index (χ1v) is 11.6. The summed E-state index contributed by atoms with van der Waals surface area (Å²) in [6, 6.07) is 12.8. The van der Waals surface area contributed by atoms with Crippen molar-refractivity contribution in [3.8, 4) is 11.5 Å². The fourth-order valence-electron chi connectivity index (χ4n) is 4.08. The van der Waals surface area contributed by atoms with Gasteiger partial charge in [-0.1, -0.05) is 58.9 Å². The van der Waals surface area contributed by atoms with Gasteiger partial charge in [-0.25, -0.2) is 0 Å². The predicted octanol–water partition coefficient (Wildman–Crippen LogP) is 7.39. The summed E-state index contributed by atoms with van der Waals surface area (Å²) in [4.78, 5) is 12.3. The number of carbonyl (C=O) groups excluding carboxylic acids is 1. The summed E-state index contributed by atoms with van der Waals surface area (Å²) in [5.41, 5.74) is 4.49. The lowest BCUT2D eigenvalue weighted by Crippen LogP contribution is -2.26. The van der Waals surface area contributed by atoms with E-state index in [2.05, 4.69) is 71.9 Å². The molecule has 0 saturated heterocycles. The summed E-state index contributed by atoms with van der Waals surface area (Å²) in [5.74, 6) is 1.85. The van der Waals surface area contributed by atoms with Gasteiger partial charge in [0.25, 0.3) is 0 Å². The van der Waals surface area contributed by atoms with E-state index in [0.717, 1.165) is 29.7 Å². The highest BCUT2D eigenvalue weighted by Crippen LogP contribution is 2.41. The molecule has 0 bridgehead atoms. The van der Waals surface area contributed by atoms with Crippen LogP contribution in [0.15, 0.2) is 36.4 Å². The lowest BCUT2D eigenvalue weighted by atomic mass is 9.70. The molecule has 2 aromatic carbocycles. The van der Waals surface area contributed by atoms with Gasteiger partial charge in [-0.15, -0.1) is 0 Å². The number of benzene rings is 2. The van der Waals surface area contributed by atoms with Crippen LogP contribution in [0.2, 0.25) is 0 Å². The fraction of sp³-hybridized carbons (Fsp3) is 0.536. The van der Waals surface area contributed by atoms with Gasteiger partial charge in [0.2, 0.25) is 0 Å². The van der Waals surface area contributed by atoms with E-state index in [0.29, 0.717) is 11.7 Å². The zero-order valence-corrected chi connectivity index (χ0v) is 20.8. The van der Waals surface area contributed by atoms with E-state index in [4.69, 9.17) is 9.47 Å². The van der Waals surface area contributed by atoms with E-state index in [9.17, 15) is 4.79 Å². The summed E-state index contributed by atoms with van der Waals surface area (Å²) >= 11 is 0. The van der Waals surface area contributed by atoms with Crippen molar-refractivity contribution in [2.45, 2.75) is 86.7 Å². The molecule has 0 aliphatic carbocycles. The number of rotatable bonds is 9. The smallest absolute Gasteiger partial charge is 0.314 e. The van der Waals surface area contributed by atoms with Crippen LogP contribution in [0.5, 0.6) is 11.5 Å². The molecule has 2 atom stereocenters. The van der Waals surface area contributed by atoms with Crippen LogP contribution in [0, 0.1) is 25.7 Å². The summed E-state index contributed by atoms with van der Waals surface area (Å²) in [5, 5.41) is 0. The number of ether oxygens (including phenoxy) is 2. The van der Waals surface area contributed by atoms with Crippen LogP contribution in [0.3, 0.4) is 0 Å². The Morgan fingerprint density at radius 1 is 0.903 bits per heavy atom. The van der Waals surface area contributed by atoms with Crippen molar-refractivity contribution in [2.24, 2.45) is 11.8 Å². The molecule has 3 heteroatoms. The van der Waals surface area contributed by atoms with Crippen molar-refractivity contribution in [1.29, 1.82) is 0 Å². The monoisotopic (exact) mass is 424 g/mol. The highest BCUT2D eigenvalue weighted by molar-refractivity contribution is 5.75. The molecule has 0 radical (unpaired) electrons. The SMILES string of the molecule is CCC(C)C(=O)Oc1ccc(C(C)(CC(C)C)c2ccc(OC(C)C)c(C)c2)cc1C. The van der Waals surface area contributed by atoms with E-state index in [1.54, 1.807) is 0 Å². The largest absolute Gasteiger partial charge is 0.491 e. The molecule has 0 saturated carbocycles. The average molecular weight is 425 g/mol. The van der Waals surface area contributed by atoms with Crippen molar-refractivity contribution >= 4 is 5.97 Å². The number of hydrogen-bond acceptors (Lipinski definition) is 3. The molecule has 0 amide bonds. The standard InChI is InChI=1S/C28H40O3/c1-10-20(6)27(29)31-26-14-12-24(16-22(26)8)28(9,17-18(2)3)23-11-13-25(21(7)15-23)30-19(4)5/h11-16,18-20H,10,17H2,1-9H3. The van der Waals surface area contributed by atoms with E-state index < -0.39 is 0 Å². The van der Waals surface area contributed by atoms with Gasteiger partial charge in [-0.2, -0.15) is 0 Å². The van der Waals surface area contributed by atoms with Gasteiger partial charge < -0.3 is 9.47 Å². The Hall–Kier alpha value is -2.29. The van der Waals surface area contributed by atoms with Crippen LogP contribution in [0.25, 0.3) is 0 Å². The molecule has 170 valence electrons. The maximum atomic E-state index is 12.3. The molecule has 0 N–H and O–H groups in total. The van der Waals surface area contributed by atoms with Gasteiger partial charge in [0.05, 0.1) is 12.0 Å². The molecule has 0 aliphatic rings. The molecule has 0 fully saturated rings. The van der Waals surface area contributed by atoms with E-state index >= 15 is 0 Å². The minimum atomic E-state index is -0.167. The quantitative estimate of drug-likeness (QED) is 0.311. The lowest BCUT2D eigenvalue weighted by Gasteiger charge is -2.34. The van der Waals surface area contributed by atoms with Gasteiger partial charge in [0, 0.05) is 5.41 Å². The summed E-state index contributed by atoms with van der Waals surface area (Å²) in [7, 11) is 0. The maximum absolute atomic E-state index is 12.3. The average Bonchev–Trinajstić information content (AvgIpc) is 2.69. The summed E-state index contributed by atoms with van der Waals surface area (Å²) in [6.45, 7) is 19.0. The van der Waals surface area contributed by atoms with Crippen LogP contribution in [0.1, 0.15) is 83.6 Å². The molecule has 0 aliphatic heterocycles. The molecule has 3 nitrogen and oxygen atoms in total. The van der Waals surface area contributed by atoms with Crippen molar-refractivity contribution in [2.75, 3.05) is 0 Å². The number of aryl methyl sites for hydroxylation is 2. The highest BCUT2D eigenvalue weighted by atomic mass is 16.5. The first-order chi connectivity index (χ1) is 14.5. The third-order valence-electron chi connectivity index (χ3n) is 6.03. The Morgan fingerprint density at radius 3 is 1.84 bits per heavy atom. The molecule has 0 spiro atoms. The van der Waals surface area contributed by atoms with Crippen LogP contribution in [-0.4, -0.2) is 12.1 Å². The Kier molecular flexibility index (Phi) is 8.34. The van der Waals surface area contributed by atoms with E-state index in [1.807, 2.05) is 26.8 Å². The molecular formula is C28H40O3. The van der Waals surface area contributed by atoms with Gasteiger partial charge in [-0.05, 0) is 80.8 Å². The second kappa shape index (κ2) is 10.3. The summed E-state index contributed by atoms with van der Waals surface area (Å²) in [6.07, 6.45) is 1.94. The second-order valence-corrected chi connectivity index (χ2v) is 9.79. The molecule has 0 heterocycles. The lowest BCUT2D eigenvalue weighted by molar-refractivity contribution is -0.138. The number of esters is 1. The number of hydrogen-bond donors (Lipinski definition) is 0.